The van der Waals surface area contributed by atoms with Gasteiger partial charge in [0.25, 0.3) is 0 Å². The van der Waals surface area contributed by atoms with Crippen LogP contribution in [-0.4, -0.2) is 11.7 Å². The molecular weight excluding hydrogens is 252 g/mol. The summed E-state index contributed by atoms with van der Waals surface area (Å²) in [4.78, 5) is 0. The van der Waals surface area contributed by atoms with Gasteiger partial charge in [-0.05, 0) is 18.0 Å². The fourth-order valence-electron chi connectivity index (χ4n) is 1.84. The Hall–Kier alpha value is -1.65. The third kappa shape index (κ3) is 5.15. The molecule has 0 aliphatic carbocycles. The summed E-state index contributed by atoms with van der Waals surface area (Å²) in [5, 5.41) is 7.35. The van der Waals surface area contributed by atoms with Crippen LogP contribution in [0.15, 0.2) is 40.9 Å². The monoisotopic (exact) mass is 274 g/mol. The molecule has 2 aromatic rings. The molecule has 0 fully saturated rings. The first kappa shape index (κ1) is 14.8. The SMILES string of the molecule is CC(C)CNCc1cc(COCc2ccccc2)on1. The van der Waals surface area contributed by atoms with Crippen LogP contribution in [-0.2, 0) is 24.5 Å². The number of hydrogen-bond acceptors (Lipinski definition) is 4. The van der Waals surface area contributed by atoms with Crippen LogP contribution in [0.3, 0.4) is 0 Å². The van der Waals surface area contributed by atoms with E-state index in [-0.39, 0.29) is 0 Å². The van der Waals surface area contributed by atoms with Crippen LogP contribution in [0, 0.1) is 5.92 Å². The van der Waals surface area contributed by atoms with Crippen molar-refractivity contribution in [2.45, 2.75) is 33.6 Å². The molecular formula is C16H22N2O2. The number of rotatable bonds is 8. The maximum atomic E-state index is 5.61. The van der Waals surface area contributed by atoms with Gasteiger partial charge in [0.2, 0.25) is 0 Å². The second kappa shape index (κ2) is 7.82. The highest BCUT2D eigenvalue weighted by Crippen LogP contribution is 2.08. The minimum Gasteiger partial charge on any atom is -0.369 e. The highest BCUT2D eigenvalue weighted by molar-refractivity contribution is 5.13. The molecule has 0 spiro atoms. The average Bonchev–Trinajstić information content (AvgIpc) is 2.87. The molecule has 4 nitrogen and oxygen atoms in total. The van der Waals surface area contributed by atoms with Crippen LogP contribution in [0.25, 0.3) is 0 Å². The van der Waals surface area contributed by atoms with Crippen molar-refractivity contribution in [1.82, 2.24) is 10.5 Å². The first-order valence-electron chi connectivity index (χ1n) is 7.01. The number of benzene rings is 1. The lowest BCUT2D eigenvalue weighted by atomic mass is 10.2. The average molecular weight is 274 g/mol. The van der Waals surface area contributed by atoms with Crippen molar-refractivity contribution in [2.24, 2.45) is 5.92 Å². The molecule has 0 aliphatic rings. The van der Waals surface area contributed by atoms with Crippen molar-refractivity contribution >= 4 is 0 Å². The Morgan fingerprint density at radius 2 is 2.00 bits per heavy atom. The molecule has 2 rings (SSSR count). The molecule has 0 aliphatic heterocycles. The molecule has 0 saturated carbocycles. The quantitative estimate of drug-likeness (QED) is 0.803. The van der Waals surface area contributed by atoms with Crippen LogP contribution in [0.2, 0.25) is 0 Å². The molecule has 0 saturated heterocycles. The van der Waals surface area contributed by atoms with E-state index in [2.05, 4.69) is 24.3 Å². The molecule has 20 heavy (non-hydrogen) atoms. The summed E-state index contributed by atoms with van der Waals surface area (Å²) >= 11 is 0. The molecule has 1 N–H and O–H groups in total. The zero-order valence-electron chi connectivity index (χ0n) is 12.1. The minimum atomic E-state index is 0.450. The lowest BCUT2D eigenvalue weighted by Crippen LogP contribution is -2.19. The standard InChI is InChI=1S/C16H22N2O2/c1-13(2)9-17-10-15-8-16(20-18-15)12-19-11-14-6-4-3-5-7-14/h3-8,13,17H,9-12H2,1-2H3. The number of nitrogens with one attached hydrogen (secondary N) is 1. The third-order valence-corrected chi connectivity index (χ3v) is 2.82. The Bertz CT molecular complexity index is 494. The van der Waals surface area contributed by atoms with Gasteiger partial charge in [-0.1, -0.05) is 49.3 Å². The van der Waals surface area contributed by atoms with Crippen LogP contribution < -0.4 is 5.32 Å². The summed E-state index contributed by atoms with van der Waals surface area (Å²) in [7, 11) is 0. The maximum Gasteiger partial charge on any atom is 0.162 e. The van der Waals surface area contributed by atoms with Crippen molar-refractivity contribution in [3.8, 4) is 0 Å². The Morgan fingerprint density at radius 1 is 1.20 bits per heavy atom. The van der Waals surface area contributed by atoms with Crippen LogP contribution in [0.4, 0.5) is 0 Å². The summed E-state index contributed by atoms with van der Waals surface area (Å²) in [5.41, 5.74) is 2.08. The van der Waals surface area contributed by atoms with Crippen molar-refractivity contribution in [1.29, 1.82) is 0 Å². The topological polar surface area (TPSA) is 47.3 Å². The number of aromatic nitrogens is 1. The zero-order valence-corrected chi connectivity index (χ0v) is 12.1. The second-order valence-corrected chi connectivity index (χ2v) is 5.29. The van der Waals surface area contributed by atoms with Crippen molar-refractivity contribution in [2.75, 3.05) is 6.54 Å². The van der Waals surface area contributed by atoms with Crippen LogP contribution >= 0.6 is 0 Å². The highest BCUT2D eigenvalue weighted by Gasteiger charge is 2.04. The highest BCUT2D eigenvalue weighted by atomic mass is 16.5. The third-order valence-electron chi connectivity index (χ3n) is 2.82. The summed E-state index contributed by atoms with van der Waals surface area (Å²) in [5.74, 6) is 1.40. The van der Waals surface area contributed by atoms with Gasteiger partial charge in [-0.2, -0.15) is 0 Å². The molecule has 4 heteroatoms. The Labute approximate surface area is 120 Å². The predicted molar refractivity (Wildman–Crippen MR) is 78.0 cm³/mol. The molecule has 1 heterocycles. The van der Waals surface area contributed by atoms with Gasteiger partial charge in [-0.25, -0.2) is 0 Å². The van der Waals surface area contributed by atoms with E-state index in [1.165, 1.54) is 0 Å². The Kier molecular flexibility index (Phi) is 5.77. The fraction of sp³-hybridized carbons (Fsp3) is 0.438. The predicted octanol–water partition coefficient (Wildman–Crippen LogP) is 3.14. The van der Waals surface area contributed by atoms with Gasteiger partial charge in [0.05, 0.1) is 12.3 Å². The lowest BCUT2D eigenvalue weighted by molar-refractivity contribution is 0.0883. The summed E-state index contributed by atoms with van der Waals surface area (Å²) < 4.78 is 10.9. The van der Waals surface area contributed by atoms with E-state index in [4.69, 9.17) is 9.26 Å². The van der Waals surface area contributed by atoms with E-state index < -0.39 is 0 Å². The Balaban J connectivity index is 1.70. The summed E-state index contributed by atoms with van der Waals surface area (Å²) in [6, 6.07) is 12.0. The van der Waals surface area contributed by atoms with E-state index in [1.54, 1.807) is 0 Å². The number of nitrogens with zero attached hydrogens (tertiary/aromatic N) is 1. The molecule has 0 bridgehead atoms. The number of ether oxygens (including phenoxy) is 1. The maximum absolute atomic E-state index is 5.61. The zero-order chi connectivity index (χ0) is 14.2. The van der Waals surface area contributed by atoms with Gasteiger partial charge in [0, 0.05) is 12.6 Å². The summed E-state index contributed by atoms with van der Waals surface area (Å²) in [6.07, 6.45) is 0. The van der Waals surface area contributed by atoms with Crippen molar-refractivity contribution in [3.63, 3.8) is 0 Å². The van der Waals surface area contributed by atoms with Crippen LogP contribution in [0.5, 0.6) is 0 Å². The smallest absolute Gasteiger partial charge is 0.162 e. The van der Waals surface area contributed by atoms with Gasteiger partial charge >= 0.3 is 0 Å². The van der Waals surface area contributed by atoms with E-state index >= 15 is 0 Å². The van der Waals surface area contributed by atoms with E-state index in [0.29, 0.717) is 19.1 Å². The molecule has 1 aromatic heterocycles. The number of hydrogen-bond donors (Lipinski definition) is 1. The normalized spacial score (nSPS) is 11.2. The van der Waals surface area contributed by atoms with E-state index in [1.807, 2.05) is 36.4 Å². The van der Waals surface area contributed by atoms with Crippen molar-refractivity contribution in [3.05, 3.63) is 53.4 Å². The van der Waals surface area contributed by atoms with Gasteiger partial charge in [-0.3, -0.25) is 0 Å². The molecule has 0 atom stereocenters. The van der Waals surface area contributed by atoms with Gasteiger partial charge in [-0.15, -0.1) is 0 Å². The van der Waals surface area contributed by atoms with Gasteiger partial charge < -0.3 is 14.6 Å². The molecule has 108 valence electrons. The van der Waals surface area contributed by atoms with Crippen LogP contribution in [0.1, 0.15) is 30.9 Å². The van der Waals surface area contributed by atoms with E-state index in [9.17, 15) is 0 Å². The first-order chi connectivity index (χ1) is 9.74. The molecule has 0 unspecified atom stereocenters. The molecule has 1 aromatic carbocycles. The van der Waals surface area contributed by atoms with Gasteiger partial charge in [0.1, 0.15) is 6.61 Å². The second-order valence-electron chi connectivity index (χ2n) is 5.29. The van der Waals surface area contributed by atoms with Crippen molar-refractivity contribution < 1.29 is 9.26 Å². The molecule has 0 amide bonds. The van der Waals surface area contributed by atoms with Gasteiger partial charge in [0.15, 0.2) is 5.76 Å². The minimum absolute atomic E-state index is 0.450. The first-order valence-corrected chi connectivity index (χ1v) is 7.01. The summed E-state index contributed by atoms with van der Waals surface area (Å²) in [6.45, 7) is 7.11. The van der Waals surface area contributed by atoms with E-state index in [0.717, 1.165) is 30.1 Å². The lowest BCUT2D eigenvalue weighted by Gasteiger charge is -2.04. The Morgan fingerprint density at radius 3 is 2.75 bits per heavy atom. The fourth-order valence-corrected chi connectivity index (χ4v) is 1.84. The largest absolute Gasteiger partial charge is 0.369 e. The molecule has 0 radical (unpaired) electrons.